The van der Waals surface area contributed by atoms with Crippen LogP contribution in [0.5, 0.6) is 0 Å². The number of sulfonamides is 1. The molecule has 1 unspecified atom stereocenters. The first-order valence-electron chi connectivity index (χ1n) is 8.62. The molecule has 3 aromatic rings. The van der Waals surface area contributed by atoms with Crippen molar-refractivity contribution in [1.29, 1.82) is 0 Å². The van der Waals surface area contributed by atoms with E-state index in [0.717, 1.165) is 15.7 Å². The molecular formula is C20H21IN2O2S. The minimum Gasteiger partial charge on any atom is -0.346 e. The maximum absolute atomic E-state index is 13.2. The maximum Gasteiger partial charge on any atom is 0.243 e. The SMILES string of the molecule is Cc1ccc(S(=O)(=O)N2Cc3c(c4ccccc4n3C)C(CI)C2)cc1. The molecular weight excluding hydrogens is 459 g/mol. The van der Waals surface area contributed by atoms with Gasteiger partial charge in [0.15, 0.2) is 0 Å². The molecule has 6 heteroatoms. The van der Waals surface area contributed by atoms with Crippen molar-refractivity contribution >= 4 is 43.5 Å². The molecule has 2 heterocycles. The lowest BCUT2D eigenvalue weighted by molar-refractivity contribution is 0.359. The van der Waals surface area contributed by atoms with E-state index in [2.05, 4.69) is 45.4 Å². The van der Waals surface area contributed by atoms with Gasteiger partial charge < -0.3 is 4.57 Å². The molecule has 0 bridgehead atoms. The van der Waals surface area contributed by atoms with E-state index < -0.39 is 10.0 Å². The highest BCUT2D eigenvalue weighted by atomic mass is 127. The molecule has 0 spiro atoms. The molecule has 1 aromatic heterocycles. The van der Waals surface area contributed by atoms with Crippen LogP contribution in [0, 0.1) is 6.92 Å². The first-order chi connectivity index (χ1) is 12.4. The number of hydrogen-bond donors (Lipinski definition) is 0. The molecule has 4 rings (SSSR count). The summed E-state index contributed by atoms with van der Waals surface area (Å²) in [4.78, 5) is 0.373. The average Bonchev–Trinajstić information content (AvgIpc) is 2.94. The highest BCUT2D eigenvalue weighted by Crippen LogP contribution is 2.39. The normalized spacial score (nSPS) is 18.2. The molecule has 0 aliphatic carbocycles. The minimum absolute atomic E-state index is 0.200. The molecule has 136 valence electrons. The second kappa shape index (κ2) is 6.65. The first-order valence-corrected chi connectivity index (χ1v) is 11.6. The van der Waals surface area contributed by atoms with Crippen molar-refractivity contribution in [2.24, 2.45) is 7.05 Å². The Morgan fingerprint density at radius 3 is 2.50 bits per heavy atom. The number of nitrogens with zero attached hydrogens (tertiary/aromatic N) is 2. The van der Waals surface area contributed by atoms with Gasteiger partial charge in [-0.1, -0.05) is 58.5 Å². The molecule has 0 saturated heterocycles. The Morgan fingerprint density at radius 1 is 1.12 bits per heavy atom. The molecule has 0 saturated carbocycles. The largest absolute Gasteiger partial charge is 0.346 e. The van der Waals surface area contributed by atoms with Crippen LogP contribution in [0.25, 0.3) is 10.9 Å². The number of aromatic nitrogens is 1. The fourth-order valence-electron chi connectivity index (χ4n) is 3.86. The van der Waals surface area contributed by atoms with Gasteiger partial charge in [-0.2, -0.15) is 4.31 Å². The first kappa shape index (κ1) is 18.0. The zero-order valence-electron chi connectivity index (χ0n) is 14.8. The fraction of sp³-hybridized carbons (Fsp3) is 0.300. The van der Waals surface area contributed by atoms with Crippen molar-refractivity contribution in [3.8, 4) is 0 Å². The third-order valence-corrected chi connectivity index (χ3v) is 8.16. The van der Waals surface area contributed by atoms with Gasteiger partial charge in [-0.3, -0.25) is 0 Å². The molecule has 0 fully saturated rings. The molecule has 0 radical (unpaired) electrons. The van der Waals surface area contributed by atoms with Crippen LogP contribution in [0.15, 0.2) is 53.4 Å². The van der Waals surface area contributed by atoms with Gasteiger partial charge in [-0.15, -0.1) is 0 Å². The average molecular weight is 480 g/mol. The predicted octanol–water partition coefficient (Wildman–Crippen LogP) is 4.21. The van der Waals surface area contributed by atoms with E-state index >= 15 is 0 Å². The van der Waals surface area contributed by atoms with Gasteiger partial charge in [0.2, 0.25) is 10.0 Å². The second-order valence-corrected chi connectivity index (χ2v) is 9.72. The van der Waals surface area contributed by atoms with E-state index in [1.807, 2.05) is 32.2 Å². The van der Waals surface area contributed by atoms with Crippen LogP contribution >= 0.6 is 22.6 Å². The second-order valence-electron chi connectivity index (χ2n) is 6.90. The lowest BCUT2D eigenvalue weighted by Gasteiger charge is -2.32. The minimum atomic E-state index is -3.50. The van der Waals surface area contributed by atoms with Gasteiger partial charge in [-0.25, -0.2) is 8.42 Å². The number of alkyl halides is 1. The molecule has 4 nitrogen and oxygen atoms in total. The Bertz CT molecular complexity index is 1070. The van der Waals surface area contributed by atoms with Crippen molar-refractivity contribution in [3.63, 3.8) is 0 Å². The number of halogens is 1. The fourth-order valence-corrected chi connectivity index (χ4v) is 6.02. The molecule has 1 aliphatic rings. The van der Waals surface area contributed by atoms with Crippen LogP contribution < -0.4 is 0 Å². The van der Waals surface area contributed by atoms with E-state index in [-0.39, 0.29) is 5.92 Å². The van der Waals surface area contributed by atoms with Crippen molar-refractivity contribution in [2.75, 3.05) is 11.0 Å². The van der Waals surface area contributed by atoms with Crippen LogP contribution in [0.3, 0.4) is 0 Å². The third-order valence-electron chi connectivity index (χ3n) is 5.27. The van der Waals surface area contributed by atoms with Crippen LogP contribution in [0.2, 0.25) is 0 Å². The zero-order chi connectivity index (χ0) is 18.5. The lowest BCUT2D eigenvalue weighted by atomic mass is 9.95. The van der Waals surface area contributed by atoms with Gasteiger partial charge in [0, 0.05) is 40.5 Å². The lowest BCUT2D eigenvalue weighted by Crippen LogP contribution is -2.39. The number of rotatable bonds is 3. The summed E-state index contributed by atoms with van der Waals surface area (Å²) < 4.78 is 31.1. The van der Waals surface area contributed by atoms with Crippen molar-refractivity contribution in [2.45, 2.75) is 24.3 Å². The maximum atomic E-state index is 13.2. The van der Waals surface area contributed by atoms with Gasteiger partial charge in [0.1, 0.15) is 0 Å². The van der Waals surface area contributed by atoms with Crippen molar-refractivity contribution < 1.29 is 8.42 Å². The summed E-state index contributed by atoms with van der Waals surface area (Å²) in [7, 11) is -1.47. The zero-order valence-corrected chi connectivity index (χ0v) is 17.8. The monoisotopic (exact) mass is 480 g/mol. The highest BCUT2D eigenvalue weighted by molar-refractivity contribution is 14.1. The molecule has 2 aromatic carbocycles. The topological polar surface area (TPSA) is 42.3 Å². The van der Waals surface area contributed by atoms with Crippen molar-refractivity contribution in [1.82, 2.24) is 8.87 Å². The number of fused-ring (bicyclic) bond motifs is 3. The quantitative estimate of drug-likeness (QED) is 0.417. The van der Waals surface area contributed by atoms with Gasteiger partial charge in [-0.05, 0) is 30.7 Å². The van der Waals surface area contributed by atoms with Crippen LogP contribution in [-0.4, -0.2) is 28.3 Å². The van der Waals surface area contributed by atoms with Gasteiger partial charge >= 0.3 is 0 Å². The number of benzene rings is 2. The van der Waals surface area contributed by atoms with E-state index in [0.29, 0.717) is 18.0 Å². The molecule has 1 atom stereocenters. The number of hydrogen-bond acceptors (Lipinski definition) is 2. The molecule has 26 heavy (non-hydrogen) atoms. The Kier molecular flexibility index (Phi) is 4.61. The van der Waals surface area contributed by atoms with Crippen LogP contribution in [0.1, 0.15) is 22.7 Å². The standard InChI is InChI=1S/C20H21IN2O2S/c1-14-7-9-16(10-8-14)26(24,25)23-12-15(11-21)20-17-5-3-4-6-18(17)22(2)19(20)13-23/h3-10,15H,11-13H2,1-2H3. The van der Waals surface area contributed by atoms with E-state index in [4.69, 9.17) is 0 Å². The van der Waals surface area contributed by atoms with Gasteiger partial charge in [0.05, 0.1) is 11.4 Å². The Balaban J connectivity index is 1.82. The Morgan fingerprint density at radius 2 is 1.81 bits per heavy atom. The molecule has 0 N–H and O–H groups in total. The Labute approximate surface area is 168 Å². The number of aryl methyl sites for hydroxylation is 2. The summed E-state index contributed by atoms with van der Waals surface area (Å²) in [5.41, 5.74) is 4.65. The van der Waals surface area contributed by atoms with E-state index in [1.165, 1.54) is 16.5 Å². The van der Waals surface area contributed by atoms with Crippen LogP contribution in [-0.2, 0) is 23.6 Å². The number of para-hydroxylation sites is 1. The van der Waals surface area contributed by atoms with E-state index in [1.54, 1.807) is 16.4 Å². The van der Waals surface area contributed by atoms with Crippen molar-refractivity contribution in [3.05, 3.63) is 65.4 Å². The van der Waals surface area contributed by atoms with Gasteiger partial charge in [0.25, 0.3) is 0 Å². The highest BCUT2D eigenvalue weighted by Gasteiger charge is 2.35. The molecule has 0 amide bonds. The van der Waals surface area contributed by atoms with E-state index in [9.17, 15) is 8.42 Å². The summed E-state index contributed by atoms with van der Waals surface area (Å²) >= 11 is 2.37. The summed E-state index contributed by atoms with van der Waals surface area (Å²) in [5, 5.41) is 1.25. The third kappa shape index (κ3) is 2.78. The summed E-state index contributed by atoms with van der Waals surface area (Å²) in [6.45, 7) is 2.91. The molecule has 1 aliphatic heterocycles. The summed E-state index contributed by atoms with van der Waals surface area (Å²) in [6.07, 6.45) is 0. The van der Waals surface area contributed by atoms with Crippen LogP contribution in [0.4, 0.5) is 0 Å². The predicted molar refractivity (Wildman–Crippen MR) is 113 cm³/mol. The summed E-state index contributed by atoms with van der Waals surface area (Å²) in [6, 6.07) is 15.5. The Hall–Kier alpha value is -1.38. The smallest absolute Gasteiger partial charge is 0.243 e. The summed E-state index contributed by atoms with van der Waals surface area (Å²) in [5.74, 6) is 0.200.